The maximum atomic E-state index is 12.3. The fraction of sp³-hybridized carbons (Fsp3) is 0.696. The first-order valence-corrected chi connectivity index (χ1v) is 10.9. The molecule has 150 valence electrons. The molecule has 0 saturated carbocycles. The summed E-state index contributed by atoms with van der Waals surface area (Å²) in [4.78, 5) is 14.9. The van der Waals surface area contributed by atoms with Gasteiger partial charge < -0.3 is 10.6 Å². The fourth-order valence-corrected chi connectivity index (χ4v) is 4.49. The third-order valence-corrected chi connectivity index (χ3v) is 6.49. The monoisotopic (exact) mass is 371 g/mol. The lowest BCUT2D eigenvalue weighted by Gasteiger charge is -2.33. The lowest BCUT2D eigenvalue weighted by molar-refractivity contribution is -0.122. The first-order valence-electron chi connectivity index (χ1n) is 10.9. The van der Waals surface area contributed by atoms with Gasteiger partial charge in [0.2, 0.25) is 5.91 Å². The van der Waals surface area contributed by atoms with Crippen molar-refractivity contribution in [2.24, 2.45) is 11.8 Å². The second kappa shape index (κ2) is 10.2. The molecule has 3 atom stereocenters. The van der Waals surface area contributed by atoms with Gasteiger partial charge in [0.15, 0.2) is 0 Å². The Morgan fingerprint density at radius 3 is 2.67 bits per heavy atom. The van der Waals surface area contributed by atoms with Crippen molar-refractivity contribution in [1.82, 2.24) is 15.5 Å². The predicted octanol–water partition coefficient (Wildman–Crippen LogP) is 3.70. The van der Waals surface area contributed by atoms with Gasteiger partial charge in [0, 0.05) is 25.6 Å². The summed E-state index contributed by atoms with van der Waals surface area (Å²) in [6, 6.07) is 9.47. The van der Waals surface area contributed by atoms with Crippen molar-refractivity contribution in [2.45, 2.75) is 71.5 Å². The number of carbonyl (C=O) groups is 1. The topological polar surface area (TPSA) is 44.4 Å². The van der Waals surface area contributed by atoms with Crippen LogP contribution in [0.25, 0.3) is 0 Å². The smallest absolute Gasteiger partial charge is 0.220 e. The Bertz CT molecular complexity index is 580. The number of nitrogens with one attached hydrogen (secondary N) is 2. The SMILES string of the molecule is CC(CC(=O)NCc1ccc(CN2CCCCC2C)cc1)C1CCCNC1. The Hall–Kier alpha value is -1.39. The molecule has 2 saturated heterocycles. The molecule has 27 heavy (non-hydrogen) atoms. The third-order valence-electron chi connectivity index (χ3n) is 6.49. The molecule has 0 aromatic heterocycles. The Morgan fingerprint density at radius 1 is 1.19 bits per heavy atom. The summed E-state index contributed by atoms with van der Waals surface area (Å²) in [6.45, 7) is 9.64. The van der Waals surface area contributed by atoms with E-state index in [2.05, 4.69) is 53.6 Å². The van der Waals surface area contributed by atoms with Gasteiger partial charge in [-0.2, -0.15) is 0 Å². The van der Waals surface area contributed by atoms with Gasteiger partial charge in [0.05, 0.1) is 0 Å². The van der Waals surface area contributed by atoms with E-state index in [0.717, 1.165) is 19.6 Å². The van der Waals surface area contributed by atoms with Gasteiger partial charge in [0.1, 0.15) is 0 Å². The van der Waals surface area contributed by atoms with Crippen LogP contribution in [-0.4, -0.2) is 36.5 Å². The molecule has 1 aromatic carbocycles. The molecular formula is C23H37N3O. The van der Waals surface area contributed by atoms with Gasteiger partial charge in [-0.15, -0.1) is 0 Å². The van der Waals surface area contributed by atoms with E-state index in [9.17, 15) is 4.79 Å². The number of hydrogen-bond donors (Lipinski definition) is 2. The van der Waals surface area contributed by atoms with Crippen LogP contribution in [-0.2, 0) is 17.9 Å². The molecule has 0 aliphatic carbocycles. The molecule has 0 radical (unpaired) electrons. The molecule has 4 heteroatoms. The summed E-state index contributed by atoms with van der Waals surface area (Å²) in [6.07, 6.45) is 7.13. The molecule has 1 aromatic rings. The highest BCUT2D eigenvalue weighted by Crippen LogP contribution is 2.22. The van der Waals surface area contributed by atoms with Crippen LogP contribution in [0.2, 0.25) is 0 Å². The van der Waals surface area contributed by atoms with E-state index in [1.54, 1.807) is 0 Å². The van der Waals surface area contributed by atoms with Crippen molar-refractivity contribution >= 4 is 5.91 Å². The number of carbonyl (C=O) groups excluding carboxylic acids is 1. The highest BCUT2D eigenvalue weighted by atomic mass is 16.1. The van der Waals surface area contributed by atoms with Gasteiger partial charge in [-0.1, -0.05) is 37.6 Å². The van der Waals surface area contributed by atoms with Gasteiger partial charge in [-0.3, -0.25) is 9.69 Å². The molecule has 0 spiro atoms. The standard InChI is InChI=1S/C23H37N3O/c1-18(22-7-5-12-24-16-22)14-23(27)25-15-20-8-10-21(11-9-20)17-26-13-4-3-6-19(26)2/h8-11,18-19,22,24H,3-7,12-17H2,1-2H3,(H,25,27). The Morgan fingerprint density at radius 2 is 1.96 bits per heavy atom. The second-order valence-electron chi connectivity index (χ2n) is 8.70. The summed E-state index contributed by atoms with van der Waals surface area (Å²) in [5, 5.41) is 6.56. The van der Waals surface area contributed by atoms with Crippen LogP contribution in [0.5, 0.6) is 0 Å². The van der Waals surface area contributed by atoms with Crippen molar-refractivity contribution in [2.75, 3.05) is 19.6 Å². The zero-order valence-corrected chi connectivity index (χ0v) is 17.2. The highest BCUT2D eigenvalue weighted by Gasteiger charge is 2.22. The first-order chi connectivity index (χ1) is 13.1. The number of benzene rings is 1. The van der Waals surface area contributed by atoms with Gasteiger partial charge in [0.25, 0.3) is 0 Å². The number of hydrogen-bond acceptors (Lipinski definition) is 3. The van der Waals surface area contributed by atoms with Crippen LogP contribution in [0.3, 0.4) is 0 Å². The number of likely N-dealkylation sites (tertiary alicyclic amines) is 1. The summed E-state index contributed by atoms with van der Waals surface area (Å²) in [7, 11) is 0. The molecule has 1 amide bonds. The van der Waals surface area contributed by atoms with Crippen LogP contribution in [0.4, 0.5) is 0 Å². The van der Waals surface area contributed by atoms with Gasteiger partial charge >= 0.3 is 0 Å². The molecule has 2 N–H and O–H groups in total. The zero-order valence-electron chi connectivity index (χ0n) is 17.2. The summed E-state index contributed by atoms with van der Waals surface area (Å²) in [5.74, 6) is 1.27. The largest absolute Gasteiger partial charge is 0.352 e. The minimum absolute atomic E-state index is 0.180. The molecular weight excluding hydrogens is 334 g/mol. The fourth-order valence-electron chi connectivity index (χ4n) is 4.49. The molecule has 3 unspecified atom stereocenters. The molecule has 2 heterocycles. The maximum Gasteiger partial charge on any atom is 0.220 e. The summed E-state index contributed by atoms with van der Waals surface area (Å²) >= 11 is 0. The van der Waals surface area contributed by atoms with Gasteiger partial charge in [-0.25, -0.2) is 0 Å². The maximum absolute atomic E-state index is 12.3. The van der Waals surface area contributed by atoms with E-state index in [-0.39, 0.29) is 5.91 Å². The van der Waals surface area contributed by atoms with E-state index in [1.807, 2.05) is 0 Å². The van der Waals surface area contributed by atoms with Crippen LogP contribution < -0.4 is 10.6 Å². The minimum atomic E-state index is 0.180. The molecule has 2 aliphatic heterocycles. The average molecular weight is 372 g/mol. The van der Waals surface area contributed by atoms with E-state index in [4.69, 9.17) is 0 Å². The van der Waals surface area contributed by atoms with Crippen LogP contribution in [0.15, 0.2) is 24.3 Å². The van der Waals surface area contributed by atoms with Crippen LogP contribution >= 0.6 is 0 Å². The van der Waals surface area contributed by atoms with Crippen molar-refractivity contribution in [3.8, 4) is 0 Å². The van der Waals surface area contributed by atoms with Gasteiger partial charge in [-0.05, 0) is 75.2 Å². The Kier molecular flexibility index (Phi) is 7.71. The second-order valence-corrected chi connectivity index (χ2v) is 8.70. The molecule has 4 nitrogen and oxygen atoms in total. The summed E-state index contributed by atoms with van der Waals surface area (Å²) in [5.41, 5.74) is 2.56. The molecule has 3 rings (SSSR count). The lowest BCUT2D eigenvalue weighted by atomic mass is 9.85. The van der Waals surface area contributed by atoms with E-state index >= 15 is 0 Å². The lowest BCUT2D eigenvalue weighted by Crippen LogP contribution is -2.36. The van der Waals surface area contributed by atoms with Crippen molar-refractivity contribution < 1.29 is 4.79 Å². The molecule has 2 aliphatic rings. The highest BCUT2D eigenvalue weighted by molar-refractivity contribution is 5.76. The van der Waals surface area contributed by atoms with Crippen molar-refractivity contribution in [1.29, 1.82) is 0 Å². The third kappa shape index (κ3) is 6.32. The number of rotatable bonds is 7. The van der Waals surface area contributed by atoms with Crippen molar-refractivity contribution in [3.05, 3.63) is 35.4 Å². The average Bonchev–Trinajstić information content (AvgIpc) is 2.70. The molecule has 2 fully saturated rings. The van der Waals surface area contributed by atoms with E-state index in [1.165, 1.54) is 49.8 Å². The zero-order chi connectivity index (χ0) is 19.1. The van der Waals surface area contributed by atoms with Crippen LogP contribution in [0.1, 0.15) is 63.5 Å². The Labute approximate surface area is 165 Å². The summed E-state index contributed by atoms with van der Waals surface area (Å²) < 4.78 is 0. The number of amides is 1. The first kappa shape index (κ1) is 20.3. The minimum Gasteiger partial charge on any atom is -0.352 e. The molecule has 0 bridgehead atoms. The van der Waals surface area contributed by atoms with Crippen molar-refractivity contribution in [3.63, 3.8) is 0 Å². The number of piperidine rings is 2. The predicted molar refractivity (Wildman–Crippen MR) is 111 cm³/mol. The normalized spacial score (nSPS) is 25.1. The quantitative estimate of drug-likeness (QED) is 0.768. The van der Waals surface area contributed by atoms with E-state index < -0.39 is 0 Å². The Balaban J connectivity index is 1.40. The van der Waals surface area contributed by atoms with Crippen LogP contribution in [0, 0.1) is 11.8 Å². The van der Waals surface area contributed by atoms with E-state index in [0.29, 0.717) is 30.8 Å². The number of nitrogens with zero attached hydrogens (tertiary/aromatic N) is 1.